The van der Waals surface area contributed by atoms with Gasteiger partial charge in [-0.3, -0.25) is 0 Å². The predicted octanol–water partition coefficient (Wildman–Crippen LogP) is 3.25. The van der Waals surface area contributed by atoms with E-state index in [1.165, 1.54) is 5.56 Å². The Kier molecular flexibility index (Phi) is 3.13. The highest BCUT2D eigenvalue weighted by Gasteiger charge is 2.34. The molecule has 0 aliphatic heterocycles. The van der Waals surface area contributed by atoms with Crippen molar-refractivity contribution in [1.82, 2.24) is 0 Å². The molecule has 0 radical (unpaired) electrons. The lowest BCUT2D eigenvalue weighted by Crippen LogP contribution is -2.00. The van der Waals surface area contributed by atoms with E-state index in [4.69, 9.17) is 10.5 Å². The van der Waals surface area contributed by atoms with Crippen molar-refractivity contribution in [1.29, 1.82) is 0 Å². The molecule has 1 aliphatic carbocycles. The molecule has 0 unspecified atom stereocenters. The maximum absolute atomic E-state index is 5.86. The second kappa shape index (κ2) is 4.94. The third-order valence-electron chi connectivity index (χ3n) is 3.54. The minimum Gasteiger partial charge on any atom is -0.497 e. The SMILES string of the molecule is COc1cccc(Nc2ccc([C@@H]3C[C@H]3N)cc2)c1. The summed E-state index contributed by atoms with van der Waals surface area (Å²) in [6, 6.07) is 16.8. The van der Waals surface area contributed by atoms with Gasteiger partial charge in [-0.2, -0.15) is 0 Å². The van der Waals surface area contributed by atoms with E-state index < -0.39 is 0 Å². The van der Waals surface area contributed by atoms with Gasteiger partial charge in [0.05, 0.1) is 7.11 Å². The average Bonchev–Trinajstić information content (AvgIpc) is 3.17. The molecule has 1 saturated carbocycles. The number of hydrogen-bond acceptors (Lipinski definition) is 3. The van der Waals surface area contributed by atoms with Gasteiger partial charge >= 0.3 is 0 Å². The van der Waals surface area contributed by atoms with Crippen LogP contribution in [-0.4, -0.2) is 13.2 Å². The molecule has 3 N–H and O–H groups in total. The first-order chi connectivity index (χ1) is 9.26. The monoisotopic (exact) mass is 254 g/mol. The number of methoxy groups -OCH3 is 1. The van der Waals surface area contributed by atoms with Gasteiger partial charge in [-0.25, -0.2) is 0 Å². The van der Waals surface area contributed by atoms with E-state index >= 15 is 0 Å². The molecule has 0 aromatic heterocycles. The molecule has 1 fully saturated rings. The first-order valence-electron chi connectivity index (χ1n) is 6.53. The van der Waals surface area contributed by atoms with Crippen LogP contribution in [0.25, 0.3) is 0 Å². The second-order valence-corrected chi connectivity index (χ2v) is 4.99. The molecule has 0 heterocycles. The zero-order valence-corrected chi connectivity index (χ0v) is 11.0. The molecule has 3 nitrogen and oxygen atoms in total. The molecule has 0 bridgehead atoms. The Bertz CT molecular complexity index is 565. The van der Waals surface area contributed by atoms with Crippen molar-refractivity contribution in [2.75, 3.05) is 12.4 Å². The van der Waals surface area contributed by atoms with E-state index in [2.05, 4.69) is 29.6 Å². The largest absolute Gasteiger partial charge is 0.497 e. The Morgan fingerprint density at radius 3 is 2.47 bits per heavy atom. The number of ether oxygens (including phenoxy) is 1. The minimum atomic E-state index is 0.359. The van der Waals surface area contributed by atoms with Crippen molar-refractivity contribution in [2.45, 2.75) is 18.4 Å². The molecular weight excluding hydrogens is 236 g/mol. The van der Waals surface area contributed by atoms with Crippen LogP contribution in [0, 0.1) is 0 Å². The standard InChI is InChI=1S/C16H18N2O/c1-19-14-4-2-3-13(9-14)18-12-7-5-11(6-8-12)15-10-16(15)17/h2-9,15-16,18H,10,17H2,1H3/t15-,16+/m0/s1. The summed E-state index contributed by atoms with van der Waals surface area (Å²) in [5.74, 6) is 1.41. The molecule has 2 atom stereocenters. The molecule has 3 rings (SSSR count). The smallest absolute Gasteiger partial charge is 0.120 e. The summed E-state index contributed by atoms with van der Waals surface area (Å²) in [5.41, 5.74) is 9.30. The van der Waals surface area contributed by atoms with E-state index in [1.54, 1.807) is 7.11 Å². The van der Waals surface area contributed by atoms with Gasteiger partial charge in [0.1, 0.15) is 5.75 Å². The zero-order valence-electron chi connectivity index (χ0n) is 11.0. The minimum absolute atomic E-state index is 0.359. The maximum atomic E-state index is 5.86. The third kappa shape index (κ3) is 2.71. The van der Waals surface area contributed by atoms with Crippen LogP contribution in [0.2, 0.25) is 0 Å². The summed E-state index contributed by atoms with van der Waals surface area (Å²) in [7, 11) is 1.67. The predicted molar refractivity (Wildman–Crippen MR) is 78.1 cm³/mol. The lowest BCUT2D eigenvalue weighted by Gasteiger charge is -2.09. The lowest BCUT2D eigenvalue weighted by atomic mass is 10.1. The van der Waals surface area contributed by atoms with Gasteiger partial charge in [0, 0.05) is 29.4 Å². The van der Waals surface area contributed by atoms with Crippen LogP contribution in [0.5, 0.6) is 5.75 Å². The fourth-order valence-electron chi connectivity index (χ4n) is 2.28. The van der Waals surface area contributed by atoms with Crippen molar-refractivity contribution in [3.05, 3.63) is 54.1 Å². The van der Waals surface area contributed by atoms with Gasteiger partial charge in [0.25, 0.3) is 0 Å². The van der Waals surface area contributed by atoms with E-state index in [0.717, 1.165) is 23.5 Å². The van der Waals surface area contributed by atoms with Gasteiger partial charge in [0.2, 0.25) is 0 Å². The van der Waals surface area contributed by atoms with Crippen molar-refractivity contribution >= 4 is 11.4 Å². The summed E-state index contributed by atoms with van der Waals surface area (Å²) in [6.07, 6.45) is 1.11. The van der Waals surface area contributed by atoms with Gasteiger partial charge in [-0.15, -0.1) is 0 Å². The molecule has 0 saturated heterocycles. The van der Waals surface area contributed by atoms with Crippen LogP contribution in [-0.2, 0) is 0 Å². The third-order valence-corrected chi connectivity index (χ3v) is 3.54. The molecule has 2 aromatic rings. The van der Waals surface area contributed by atoms with Crippen LogP contribution in [0.4, 0.5) is 11.4 Å². The summed E-state index contributed by atoms with van der Waals surface area (Å²) < 4.78 is 5.21. The molecule has 3 heteroatoms. The molecule has 0 spiro atoms. The van der Waals surface area contributed by atoms with E-state index in [9.17, 15) is 0 Å². The highest BCUT2D eigenvalue weighted by Crippen LogP contribution is 2.39. The normalized spacial score (nSPS) is 20.9. The van der Waals surface area contributed by atoms with Crippen LogP contribution < -0.4 is 15.8 Å². The van der Waals surface area contributed by atoms with Crippen LogP contribution in [0.3, 0.4) is 0 Å². The first-order valence-corrected chi connectivity index (χ1v) is 6.53. The van der Waals surface area contributed by atoms with Gasteiger partial charge in [-0.05, 0) is 36.2 Å². The Labute approximate surface area is 113 Å². The van der Waals surface area contributed by atoms with Crippen molar-refractivity contribution in [3.8, 4) is 5.75 Å². The summed E-state index contributed by atoms with van der Waals surface area (Å²) in [5, 5.41) is 3.37. The average molecular weight is 254 g/mol. The number of benzene rings is 2. The number of nitrogens with two attached hydrogens (primary N) is 1. The molecule has 98 valence electrons. The highest BCUT2D eigenvalue weighted by molar-refractivity contribution is 5.61. The number of anilines is 2. The van der Waals surface area contributed by atoms with Crippen molar-refractivity contribution in [3.63, 3.8) is 0 Å². The summed E-state index contributed by atoms with van der Waals surface area (Å²) >= 11 is 0. The lowest BCUT2D eigenvalue weighted by molar-refractivity contribution is 0.415. The van der Waals surface area contributed by atoms with Gasteiger partial charge in [0.15, 0.2) is 0 Å². The first kappa shape index (κ1) is 12.1. The van der Waals surface area contributed by atoms with Crippen LogP contribution >= 0.6 is 0 Å². The van der Waals surface area contributed by atoms with Crippen molar-refractivity contribution in [2.24, 2.45) is 5.73 Å². The summed E-state index contributed by atoms with van der Waals surface area (Å²) in [6.45, 7) is 0. The van der Waals surface area contributed by atoms with Crippen molar-refractivity contribution < 1.29 is 4.74 Å². The fourth-order valence-corrected chi connectivity index (χ4v) is 2.28. The zero-order chi connectivity index (χ0) is 13.2. The Morgan fingerprint density at radius 1 is 1.11 bits per heavy atom. The van der Waals surface area contributed by atoms with E-state index in [-0.39, 0.29) is 0 Å². The topological polar surface area (TPSA) is 47.3 Å². The highest BCUT2D eigenvalue weighted by atomic mass is 16.5. The van der Waals surface area contributed by atoms with Gasteiger partial charge < -0.3 is 15.8 Å². The molecule has 19 heavy (non-hydrogen) atoms. The quantitative estimate of drug-likeness (QED) is 0.880. The molecular formula is C16H18N2O. The molecule has 1 aliphatic rings. The Hall–Kier alpha value is -2.00. The number of hydrogen-bond donors (Lipinski definition) is 2. The molecule has 0 amide bonds. The van der Waals surface area contributed by atoms with Gasteiger partial charge in [-0.1, -0.05) is 18.2 Å². The fraction of sp³-hybridized carbons (Fsp3) is 0.250. The Morgan fingerprint density at radius 2 is 1.84 bits per heavy atom. The van der Waals surface area contributed by atoms with Crippen LogP contribution in [0.1, 0.15) is 17.9 Å². The summed E-state index contributed by atoms with van der Waals surface area (Å²) in [4.78, 5) is 0. The van der Waals surface area contributed by atoms with E-state index in [0.29, 0.717) is 12.0 Å². The Balaban J connectivity index is 1.72. The molecule has 2 aromatic carbocycles. The second-order valence-electron chi connectivity index (χ2n) is 4.99. The van der Waals surface area contributed by atoms with E-state index in [1.807, 2.05) is 24.3 Å². The maximum Gasteiger partial charge on any atom is 0.120 e. The number of nitrogens with one attached hydrogen (secondary N) is 1. The number of rotatable bonds is 4. The van der Waals surface area contributed by atoms with Crippen LogP contribution in [0.15, 0.2) is 48.5 Å².